The number of halogens is 1. The monoisotopic (exact) mass is 369 g/mol. The van der Waals surface area contributed by atoms with Crippen molar-refractivity contribution in [2.24, 2.45) is 0 Å². The van der Waals surface area contributed by atoms with Gasteiger partial charge in [-0.25, -0.2) is 19.0 Å². The van der Waals surface area contributed by atoms with E-state index in [-0.39, 0.29) is 5.82 Å². The van der Waals surface area contributed by atoms with Gasteiger partial charge in [-0.2, -0.15) is 5.10 Å². The van der Waals surface area contributed by atoms with E-state index in [4.69, 9.17) is 0 Å². The van der Waals surface area contributed by atoms with Crippen molar-refractivity contribution >= 4 is 11.8 Å². The van der Waals surface area contributed by atoms with E-state index in [9.17, 15) is 4.39 Å². The van der Waals surface area contributed by atoms with Gasteiger partial charge < -0.3 is 0 Å². The Hall–Kier alpha value is -2.25. The molecule has 0 bridgehead atoms. The van der Waals surface area contributed by atoms with Gasteiger partial charge in [-0.15, -0.1) is 0 Å². The summed E-state index contributed by atoms with van der Waals surface area (Å²) in [5.41, 5.74) is 5.50. The molecule has 2 aromatic heterocycles. The molecular weight excluding hydrogens is 349 g/mol. The number of hydrogen-bond donors (Lipinski definition) is 0. The Morgan fingerprint density at radius 3 is 2.77 bits per heavy atom. The highest BCUT2D eigenvalue weighted by Crippen LogP contribution is 2.22. The average molecular weight is 369 g/mol. The third-order valence-electron chi connectivity index (χ3n) is 4.75. The van der Waals surface area contributed by atoms with Crippen LogP contribution in [0.2, 0.25) is 0 Å². The molecule has 0 N–H and O–H groups in total. The van der Waals surface area contributed by atoms with Crippen LogP contribution in [0.15, 0.2) is 41.8 Å². The Labute approximate surface area is 156 Å². The van der Waals surface area contributed by atoms with Gasteiger partial charge in [0.25, 0.3) is 0 Å². The van der Waals surface area contributed by atoms with Gasteiger partial charge in [0.05, 0.1) is 17.6 Å². The minimum atomic E-state index is -0.238. The molecule has 1 aromatic carbocycles. The third kappa shape index (κ3) is 3.37. The number of aromatic nitrogens is 4. The molecule has 4 rings (SSSR count). The Morgan fingerprint density at radius 2 is 2.00 bits per heavy atom. The first-order chi connectivity index (χ1) is 12.6. The number of thioether (sulfide) groups is 1. The fourth-order valence-electron chi connectivity index (χ4n) is 3.27. The third-order valence-corrected chi connectivity index (χ3v) is 5.31. The lowest BCUT2D eigenvalue weighted by Gasteiger charge is -2.27. The lowest BCUT2D eigenvalue weighted by atomic mass is 10.1. The summed E-state index contributed by atoms with van der Waals surface area (Å²) in [6, 6.07) is 6.41. The van der Waals surface area contributed by atoms with Gasteiger partial charge >= 0.3 is 0 Å². The predicted octanol–water partition coefficient (Wildman–Crippen LogP) is 3.39. The maximum Gasteiger partial charge on any atom is 0.187 e. The van der Waals surface area contributed by atoms with Gasteiger partial charge in [0, 0.05) is 49.1 Å². The molecule has 1 aliphatic heterocycles. The normalized spacial score (nSPS) is 14.4. The average Bonchev–Trinajstić information content (AvgIpc) is 3.02. The molecule has 0 aliphatic carbocycles. The van der Waals surface area contributed by atoms with Gasteiger partial charge in [-0.3, -0.25) is 4.90 Å². The molecule has 7 heteroatoms. The number of fused-ring (bicyclic) bond motifs is 1. The van der Waals surface area contributed by atoms with Gasteiger partial charge in [0.1, 0.15) is 5.82 Å². The highest BCUT2D eigenvalue weighted by molar-refractivity contribution is 7.98. The standard InChI is InChI=1S/C19H20FN5S/c1-13-14(10-22-25(13)17-5-3-16(20)4-6-17)11-24-8-7-18-15(12-24)9-21-19(23-18)26-2/h3-6,9-10H,7-8,11-12H2,1-2H3. The largest absolute Gasteiger partial charge is 0.294 e. The molecule has 134 valence electrons. The number of nitrogens with zero attached hydrogens (tertiary/aromatic N) is 5. The van der Waals surface area contributed by atoms with Gasteiger partial charge in [0.15, 0.2) is 5.16 Å². The quantitative estimate of drug-likeness (QED) is 0.521. The van der Waals surface area contributed by atoms with Crippen LogP contribution in [-0.4, -0.2) is 37.4 Å². The molecule has 0 amide bonds. The van der Waals surface area contributed by atoms with E-state index in [1.54, 1.807) is 23.9 Å². The first-order valence-corrected chi connectivity index (χ1v) is 9.77. The molecule has 0 saturated carbocycles. The maximum absolute atomic E-state index is 13.1. The van der Waals surface area contributed by atoms with Crippen molar-refractivity contribution in [3.63, 3.8) is 0 Å². The fourth-order valence-corrected chi connectivity index (χ4v) is 3.63. The van der Waals surface area contributed by atoms with E-state index in [2.05, 4.69) is 26.9 Å². The second-order valence-electron chi connectivity index (χ2n) is 6.43. The van der Waals surface area contributed by atoms with Crippen LogP contribution in [0.3, 0.4) is 0 Å². The van der Waals surface area contributed by atoms with E-state index < -0.39 is 0 Å². The highest BCUT2D eigenvalue weighted by atomic mass is 32.2. The molecule has 0 fully saturated rings. The molecule has 0 unspecified atom stereocenters. The molecule has 26 heavy (non-hydrogen) atoms. The minimum absolute atomic E-state index is 0.238. The smallest absolute Gasteiger partial charge is 0.187 e. The lowest BCUT2D eigenvalue weighted by molar-refractivity contribution is 0.241. The first kappa shape index (κ1) is 17.2. The zero-order valence-corrected chi connectivity index (χ0v) is 15.6. The van der Waals surface area contributed by atoms with Crippen molar-refractivity contribution in [1.29, 1.82) is 0 Å². The minimum Gasteiger partial charge on any atom is -0.294 e. The number of rotatable bonds is 4. The van der Waals surface area contributed by atoms with Gasteiger partial charge in [-0.1, -0.05) is 11.8 Å². The van der Waals surface area contributed by atoms with Crippen molar-refractivity contribution in [3.8, 4) is 5.69 Å². The first-order valence-electron chi connectivity index (χ1n) is 8.54. The Bertz CT molecular complexity index is 922. The molecule has 3 aromatic rings. The maximum atomic E-state index is 13.1. The summed E-state index contributed by atoms with van der Waals surface area (Å²) < 4.78 is 15.0. The highest BCUT2D eigenvalue weighted by Gasteiger charge is 2.20. The topological polar surface area (TPSA) is 46.8 Å². The molecule has 3 heterocycles. The van der Waals surface area contributed by atoms with E-state index in [0.717, 1.165) is 42.6 Å². The summed E-state index contributed by atoms with van der Waals surface area (Å²) >= 11 is 1.58. The zero-order valence-electron chi connectivity index (χ0n) is 14.8. The fraction of sp³-hybridized carbons (Fsp3) is 0.316. The zero-order chi connectivity index (χ0) is 18.1. The van der Waals surface area contributed by atoms with Crippen molar-refractivity contribution in [2.45, 2.75) is 31.6 Å². The van der Waals surface area contributed by atoms with Crippen LogP contribution in [0.25, 0.3) is 5.69 Å². The molecule has 0 radical (unpaired) electrons. The summed E-state index contributed by atoms with van der Waals surface area (Å²) in [6.45, 7) is 4.71. The molecule has 5 nitrogen and oxygen atoms in total. The molecule has 0 spiro atoms. The second kappa shape index (κ2) is 7.17. The second-order valence-corrected chi connectivity index (χ2v) is 7.21. The van der Waals surface area contributed by atoms with E-state index in [1.807, 2.05) is 23.3 Å². The van der Waals surface area contributed by atoms with Gasteiger partial charge in [0.2, 0.25) is 0 Å². The Kier molecular flexibility index (Phi) is 4.74. The van der Waals surface area contributed by atoms with Gasteiger partial charge in [-0.05, 0) is 37.4 Å². The predicted molar refractivity (Wildman–Crippen MR) is 99.9 cm³/mol. The summed E-state index contributed by atoms with van der Waals surface area (Å²) in [4.78, 5) is 11.4. The molecule has 0 atom stereocenters. The summed E-state index contributed by atoms with van der Waals surface area (Å²) in [5, 5.41) is 5.33. The lowest BCUT2D eigenvalue weighted by Crippen LogP contribution is -2.31. The SMILES string of the molecule is CSc1ncc2c(n1)CCN(Cc1cnn(-c3ccc(F)cc3)c1C)C2. The van der Waals surface area contributed by atoms with Crippen LogP contribution in [0.5, 0.6) is 0 Å². The van der Waals surface area contributed by atoms with Crippen molar-refractivity contribution in [2.75, 3.05) is 12.8 Å². The van der Waals surface area contributed by atoms with Crippen LogP contribution in [0, 0.1) is 12.7 Å². The Balaban J connectivity index is 1.50. The number of hydrogen-bond acceptors (Lipinski definition) is 5. The number of benzene rings is 1. The molecule has 0 saturated heterocycles. The van der Waals surface area contributed by atoms with Crippen LogP contribution >= 0.6 is 11.8 Å². The van der Waals surface area contributed by atoms with Crippen LogP contribution in [-0.2, 0) is 19.5 Å². The van der Waals surface area contributed by atoms with E-state index >= 15 is 0 Å². The van der Waals surface area contributed by atoms with E-state index in [1.165, 1.54) is 29.0 Å². The molecule has 1 aliphatic rings. The van der Waals surface area contributed by atoms with Crippen molar-refractivity contribution < 1.29 is 4.39 Å². The van der Waals surface area contributed by atoms with Crippen molar-refractivity contribution in [3.05, 3.63) is 65.0 Å². The summed E-state index contributed by atoms with van der Waals surface area (Å²) in [7, 11) is 0. The van der Waals surface area contributed by atoms with Crippen LogP contribution < -0.4 is 0 Å². The van der Waals surface area contributed by atoms with E-state index in [0.29, 0.717) is 0 Å². The summed E-state index contributed by atoms with van der Waals surface area (Å²) in [6.07, 6.45) is 6.80. The van der Waals surface area contributed by atoms with Crippen LogP contribution in [0.4, 0.5) is 4.39 Å². The molecular formula is C19H20FN5S. The van der Waals surface area contributed by atoms with Crippen molar-refractivity contribution in [1.82, 2.24) is 24.6 Å². The Morgan fingerprint density at radius 1 is 1.19 bits per heavy atom. The van der Waals surface area contributed by atoms with Crippen LogP contribution in [0.1, 0.15) is 22.5 Å². The summed E-state index contributed by atoms with van der Waals surface area (Å²) in [5.74, 6) is -0.238.